The summed E-state index contributed by atoms with van der Waals surface area (Å²) in [7, 11) is 0. The van der Waals surface area contributed by atoms with Crippen LogP contribution < -0.4 is 5.32 Å². The predicted molar refractivity (Wildman–Crippen MR) is 89.8 cm³/mol. The molecule has 1 unspecified atom stereocenters. The molecule has 1 amide bonds. The standard InChI is InChI=1S/C20H23NO/c1-15(17-6-3-2-4-7-17)12-20(22)21-14-16-10-11-18-8-5-9-19(18)13-16/h2-4,6-7,10-11,13,15H,5,8-9,12,14H2,1H3,(H,21,22). The molecule has 0 fully saturated rings. The molecule has 0 bridgehead atoms. The lowest BCUT2D eigenvalue weighted by Crippen LogP contribution is -2.24. The van der Waals surface area contributed by atoms with Gasteiger partial charge in [-0.3, -0.25) is 4.79 Å². The van der Waals surface area contributed by atoms with Gasteiger partial charge in [0.1, 0.15) is 0 Å². The number of rotatable bonds is 5. The minimum Gasteiger partial charge on any atom is -0.352 e. The van der Waals surface area contributed by atoms with Crippen LogP contribution in [0.15, 0.2) is 48.5 Å². The lowest BCUT2D eigenvalue weighted by Gasteiger charge is -2.12. The number of amides is 1. The number of hydrogen-bond acceptors (Lipinski definition) is 1. The third-order valence-electron chi connectivity index (χ3n) is 4.51. The Kier molecular flexibility index (Phi) is 4.57. The van der Waals surface area contributed by atoms with E-state index in [-0.39, 0.29) is 11.8 Å². The van der Waals surface area contributed by atoms with Crippen molar-refractivity contribution in [3.05, 3.63) is 70.8 Å². The third kappa shape index (κ3) is 3.56. The van der Waals surface area contributed by atoms with E-state index in [1.807, 2.05) is 18.2 Å². The predicted octanol–water partition coefficient (Wildman–Crippen LogP) is 3.99. The number of carbonyl (C=O) groups is 1. The molecule has 0 spiro atoms. The van der Waals surface area contributed by atoms with E-state index < -0.39 is 0 Å². The molecule has 0 aromatic heterocycles. The van der Waals surface area contributed by atoms with E-state index in [0.29, 0.717) is 13.0 Å². The van der Waals surface area contributed by atoms with Gasteiger partial charge in [0.2, 0.25) is 5.91 Å². The molecule has 0 radical (unpaired) electrons. The Morgan fingerprint density at radius 1 is 1.09 bits per heavy atom. The van der Waals surface area contributed by atoms with E-state index in [1.165, 1.54) is 41.5 Å². The first-order valence-corrected chi connectivity index (χ1v) is 8.14. The average molecular weight is 293 g/mol. The summed E-state index contributed by atoms with van der Waals surface area (Å²) in [5, 5.41) is 3.05. The van der Waals surface area contributed by atoms with Gasteiger partial charge in [-0.2, -0.15) is 0 Å². The Morgan fingerprint density at radius 3 is 2.68 bits per heavy atom. The smallest absolute Gasteiger partial charge is 0.220 e. The zero-order chi connectivity index (χ0) is 15.4. The molecule has 1 aliphatic carbocycles. The van der Waals surface area contributed by atoms with Crippen molar-refractivity contribution < 1.29 is 4.79 Å². The number of nitrogens with one attached hydrogen (secondary N) is 1. The Labute approximate surface area is 132 Å². The van der Waals surface area contributed by atoms with Gasteiger partial charge >= 0.3 is 0 Å². The Morgan fingerprint density at radius 2 is 1.86 bits per heavy atom. The fourth-order valence-electron chi connectivity index (χ4n) is 3.19. The van der Waals surface area contributed by atoms with E-state index in [4.69, 9.17) is 0 Å². The molecule has 0 aliphatic heterocycles. The lowest BCUT2D eigenvalue weighted by molar-refractivity contribution is -0.121. The first kappa shape index (κ1) is 14.8. The summed E-state index contributed by atoms with van der Waals surface area (Å²) in [6, 6.07) is 16.8. The van der Waals surface area contributed by atoms with Crippen LogP contribution in [-0.4, -0.2) is 5.91 Å². The second-order valence-electron chi connectivity index (χ2n) is 6.25. The molecule has 22 heavy (non-hydrogen) atoms. The summed E-state index contributed by atoms with van der Waals surface area (Å²) in [6.07, 6.45) is 4.19. The Balaban J connectivity index is 1.52. The van der Waals surface area contributed by atoms with Crippen molar-refractivity contribution >= 4 is 5.91 Å². The van der Waals surface area contributed by atoms with Crippen molar-refractivity contribution in [2.45, 2.75) is 45.1 Å². The van der Waals surface area contributed by atoms with Crippen LogP contribution in [0.4, 0.5) is 0 Å². The molecule has 1 N–H and O–H groups in total. The summed E-state index contributed by atoms with van der Waals surface area (Å²) in [5.74, 6) is 0.373. The third-order valence-corrected chi connectivity index (χ3v) is 4.51. The second-order valence-corrected chi connectivity index (χ2v) is 6.25. The maximum atomic E-state index is 12.1. The second kappa shape index (κ2) is 6.78. The molecule has 0 heterocycles. The van der Waals surface area contributed by atoms with Crippen LogP contribution in [0.3, 0.4) is 0 Å². The molecular weight excluding hydrogens is 270 g/mol. The van der Waals surface area contributed by atoms with Crippen LogP contribution >= 0.6 is 0 Å². The van der Waals surface area contributed by atoms with E-state index in [0.717, 1.165) is 0 Å². The highest BCUT2D eigenvalue weighted by Gasteiger charge is 2.13. The molecule has 2 aromatic rings. The van der Waals surface area contributed by atoms with Crippen LogP contribution in [-0.2, 0) is 24.2 Å². The van der Waals surface area contributed by atoms with Crippen molar-refractivity contribution in [2.24, 2.45) is 0 Å². The fourth-order valence-corrected chi connectivity index (χ4v) is 3.19. The van der Waals surface area contributed by atoms with Crippen molar-refractivity contribution in [2.75, 3.05) is 0 Å². The van der Waals surface area contributed by atoms with Crippen molar-refractivity contribution in [3.8, 4) is 0 Å². The van der Waals surface area contributed by atoms with Gasteiger partial charge in [0, 0.05) is 13.0 Å². The molecule has 0 saturated heterocycles. The largest absolute Gasteiger partial charge is 0.352 e. The zero-order valence-electron chi connectivity index (χ0n) is 13.1. The maximum absolute atomic E-state index is 12.1. The van der Waals surface area contributed by atoms with Crippen molar-refractivity contribution in [3.63, 3.8) is 0 Å². The zero-order valence-corrected chi connectivity index (χ0v) is 13.1. The van der Waals surface area contributed by atoms with Gasteiger partial charge in [0.25, 0.3) is 0 Å². The van der Waals surface area contributed by atoms with Crippen LogP contribution in [0.1, 0.15) is 47.9 Å². The molecule has 2 nitrogen and oxygen atoms in total. The minimum absolute atomic E-state index is 0.122. The Bertz CT molecular complexity index is 648. The summed E-state index contributed by atoms with van der Waals surface area (Å²) in [6.45, 7) is 2.73. The SMILES string of the molecule is CC(CC(=O)NCc1ccc2c(c1)CCC2)c1ccccc1. The van der Waals surface area contributed by atoms with E-state index in [1.54, 1.807) is 0 Å². The highest BCUT2D eigenvalue weighted by atomic mass is 16.1. The number of hydrogen-bond donors (Lipinski definition) is 1. The van der Waals surface area contributed by atoms with Gasteiger partial charge in [-0.15, -0.1) is 0 Å². The van der Waals surface area contributed by atoms with Crippen LogP contribution in [0.5, 0.6) is 0 Å². The van der Waals surface area contributed by atoms with Crippen molar-refractivity contribution in [1.29, 1.82) is 0 Å². The molecule has 2 heteroatoms. The minimum atomic E-state index is 0.122. The highest BCUT2D eigenvalue weighted by Crippen LogP contribution is 2.23. The van der Waals surface area contributed by atoms with Crippen molar-refractivity contribution in [1.82, 2.24) is 5.32 Å². The maximum Gasteiger partial charge on any atom is 0.220 e. The summed E-state index contributed by atoms with van der Waals surface area (Å²) in [4.78, 5) is 12.1. The number of carbonyl (C=O) groups excluding carboxylic acids is 1. The average Bonchev–Trinajstić information content (AvgIpc) is 3.01. The van der Waals surface area contributed by atoms with Crippen LogP contribution in [0.25, 0.3) is 0 Å². The molecule has 0 saturated carbocycles. The van der Waals surface area contributed by atoms with E-state index >= 15 is 0 Å². The molecule has 114 valence electrons. The topological polar surface area (TPSA) is 29.1 Å². The van der Waals surface area contributed by atoms with Gasteiger partial charge < -0.3 is 5.32 Å². The number of fused-ring (bicyclic) bond motifs is 1. The molecule has 1 aliphatic rings. The quantitative estimate of drug-likeness (QED) is 0.887. The lowest BCUT2D eigenvalue weighted by atomic mass is 9.97. The molecular formula is C20H23NO. The van der Waals surface area contributed by atoms with Gasteiger partial charge in [0.05, 0.1) is 0 Å². The molecule has 2 aromatic carbocycles. The first-order chi connectivity index (χ1) is 10.7. The van der Waals surface area contributed by atoms with Crippen LogP contribution in [0, 0.1) is 0 Å². The van der Waals surface area contributed by atoms with Crippen LogP contribution in [0.2, 0.25) is 0 Å². The monoisotopic (exact) mass is 293 g/mol. The van der Waals surface area contributed by atoms with E-state index in [2.05, 4.69) is 42.6 Å². The highest BCUT2D eigenvalue weighted by molar-refractivity contribution is 5.76. The van der Waals surface area contributed by atoms with Gasteiger partial charge in [-0.25, -0.2) is 0 Å². The normalized spacial score (nSPS) is 14.4. The first-order valence-electron chi connectivity index (χ1n) is 8.14. The molecule has 3 rings (SSSR count). The fraction of sp³-hybridized carbons (Fsp3) is 0.350. The summed E-state index contributed by atoms with van der Waals surface area (Å²) in [5.41, 5.74) is 5.37. The summed E-state index contributed by atoms with van der Waals surface area (Å²) < 4.78 is 0. The molecule has 1 atom stereocenters. The summed E-state index contributed by atoms with van der Waals surface area (Å²) >= 11 is 0. The van der Waals surface area contributed by atoms with Gasteiger partial charge in [0.15, 0.2) is 0 Å². The van der Waals surface area contributed by atoms with Gasteiger partial charge in [-0.1, -0.05) is 55.5 Å². The number of benzene rings is 2. The number of aryl methyl sites for hydroxylation is 2. The Hall–Kier alpha value is -2.09. The van der Waals surface area contributed by atoms with Gasteiger partial charge in [-0.05, 0) is 47.4 Å². The van der Waals surface area contributed by atoms with E-state index in [9.17, 15) is 4.79 Å².